The predicted molar refractivity (Wildman–Crippen MR) is 111 cm³/mol. The molecule has 9 heteroatoms. The van der Waals surface area contributed by atoms with Crippen LogP contribution in [0.5, 0.6) is 0 Å². The monoisotopic (exact) mass is 422 g/mol. The van der Waals surface area contributed by atoms with Crippen LogP contribution in [-0.2, 0) is 14.4 Å². The number of esters is 1. The van der Waals surface area contributed by atoms with Crippen LogP contribution in [0.15, 0.2) is 65.9 Å². The van der Waals surface area contributed by atoms with E-state index in [1.807, 2.05) is 18.2 Å². The van der Waals surface area contributed by atoms with Crippen molar-refractivity contribution in [3.05, 3.63) is 77.7 Å². The molecule has 2 heterocycles. The van der Waals surface area contributed by atoms with Crippen molar-refractivity contribution in [1.82, 2.24) is 9.78 Å². The molecule has 1 aliphatic heterocycles. The zero-order valence-electron chi connectivity index (χ0n) is 16.6. The van der Waals surface area contributed by atoms with E-state index in [1.165, 1.54) is 23.0 Å². The molecule has 2 aromatic carbocycles. The summed E-state index contributed by atoms with van der Waals surface area (Å²) in [6.07, 6.45) is 0.636. The number of rotatable bonds is 6. The summed E-state index contributed by atoms with van der Waals surface area (Å²) in [5, 5.41) is 10.9. The summed E-state index contributed by atoms with van der Waals surface area (Å²) in [7, 11) is 0. The SMILES string of the molecule is CCOC(=O)c1cnn(-c2ccccc2)c1NC(=O)C1CC(c2ccc(F)cc2)=NO1. The number of nitrogens with one attached hydrogen (secondary N) is 1. The van der Waals surface area contributed by atoms with Crippen LogP contribution in [0.25, 0.3) is 5.69 Å². The number of para-hydroxylation sites is 1. The van der Waals surface area contributed by atoms with Gasteiger partial charge in [-0.3, -0.25) is 4.79 Å². The van der Waals surface area contributed by atoms with E-state index in [9.17, 15) is 14.0 Å². The van der Waals surface area contributed by atoms with E-state index in [-0.39, 0.29) is 30.2 Å². The normalized spacial score (nSPS) is 15.2. The number of carbonyl (C=O) groups excluding carboxylic acids is 2. The molecular formula is C22H19FN4O4. The number of hydrogen-bond donors (Lipinski definition) is 1. The average Bonchev–Trinajstić information content (AvgIpc) is 3.43. The van der Waals surface area contributed by atoms with Crippen LogP contribution in [0.1, 0.15) is 29.3 Å². The van der Waals surface area contributed by atoms with Crippen molar-refractivity contribution >= 4 is 23.4 Å². The van der Waals surface area contributed by atoms with Gasteiger partial charge >= 0.3 is 5.97 Å². The molecule has 0 radical (unpaired) electrons. The van der Waals surface area contributed by atoms with Crippen LogP contribution in [0, 0.1) is 5.82 Å². The molecule has 0 aliphatic carbocycles. The second kappa shape index (κ2) is 8.78. The van der Waals surface area contributed by atoms with Gasteiger partial charge in [0.15, 0.2) is 5.82 Å². The molecule has 1 aromatic heterocycles. The molecule has 0 bridgehead atoms. The van der Waals surface area contributed by atoms with Gasteiger partial charge in [-0.05, 0) is 36.8 Å². The first kappa shape index (κ1) is 20.3. The Hall–Kier alpha value is -4.01. The quantitative estimate of drug-likeness (QED) is 0.615. The second-order valence-electron chi connectivity index (χ2n) is 6.71. The third-order valence-electron chi connectivity index (χ3n) is 4.65. The van der Waals surface area contributed by atoms with E-state index in [1.54, 1.807) is 31.2 Å². The Bertz CT molecular complexity index is 1130. The van der Waals surface area contributed by atoms with Gasteiger partial charge in [-0.25, -0.2) is 13.9 Å². The molecular weight excluding hydrogens is 403 g/mol. The Labute approximate surface area is 177 Å². The van der Waals surface area contributed by atoms with E-state index in [0.717, 1.165) is 0 Å². The Morgan fingerprint density at radius 3 is 2.65 bits per heavy atom. The number of anilines is 1. The molecule has 0 fully saturated rings. The summed E-state index contributed by atoms with van der Waals surface area (Å²) in [6.45, 7) is 1.88. The maximum atomic E-state index is 13.1. The fraction of sp³-hybridized carbons (Fsp3) is 0.182. The number of carbonyl (C=O) groups is 2. The number of halogens is 1. The molecule has 3 aromatic rings. The minimum atomic E-state index is -0.908. The van der Waals surface area contributed by atoms with E-state index in [2.05, 4.69) is 15.6 Å². The van der Waals surface area contributed by atoms with Gasteiger partial charge in [0.1, 0.15) is 11.4 Å². The summed E-state index contributed by atoms with van der Waals surface area (Å²) in [4.78, 5) is 30.6. The molecule has 31 heavy (non-hydrogen) atoms. The molecule has 1 amide bonds. The lowest BCUT2D eigenvalue weighted by Gasteiger charge is -2.13. The van der Waals surface area contributed by atoms with Crippen LogP contribution in [-0.4, -0.2) is 40.1 Å². The van der Waals surface area contributed by atoms with Crippen molar-refractivity contribution in [3.8, 4) is 5.69 Å². The zero-order chi connectivity index (χ0) is 21.8. The summed E-state index contributed by atoms with van der Waals surface area (Å²) < 4.78 is 19.7. The third kappa shape index (κ3) is 4.30. The number of amides is 1. The molecule has 8 nitrogen and oxygen atoms in total. The Balaban J connectivity index is 1.55. The van der Waals surface area contributed by atoms with Crippen molar-refractivity contribution in [3.63, 3.8) is 0 Å². The highest BCUT2D eigenvalue weighted by Crippen LogP contribution is 2.24. The minimum Gasteiger partial charge on any atom is -0.462 e. The maximum absolute atomic E-state index is 13.1. The van der Waals surface area contributed by atoms with Gasteiger partial charge in [-0.15, -0.1) is 0 Å². The zero-order valence-corrected chi connectivity index (χ0v) is 16.6. The molecule has 1 unspecified atom stereocenters. The average molecular weight is 422 g/mol. The predicted octanol–water partition coefficient (Wildman–Crippen LogP) is 3.32. The van der Waals surface area contributed by atoms with Crippen molar-refractivity contribution in [2.24, 2.45) is 5.16 Å². The first-order valence-corrected chi connectivity index (χ1v) is 9.67. The third-order valence-corrected chi connectivity index (χ3v) is 4.65. The summed E-state index contributed by atoms with van der Waals surface area (Å²) in [5.74, 6) is -1.29. The highest BCUT2D eigenvalue weighted by atomic mass is 19.1. The Kier molecular flexibility index (Phi) is 5.74. The number of aromatic nitrogens is 2. The lowest BCUT2D eigenvalue weighted by molar-refractivity contribution is -0.125. The van der Waals surface area contributed by atoms with Crippen molar-refractivity contribution < 1.29 is 23.6 Å². The largest absolute Gasteiger partial charge is 0.462 e. The molecule has 158 valence electrons. The number of ether oxygens (including phenoxy) is 1. The molecule has 0 spiro atoms. The molecule has 1 atom stereocenters. The van der Waals surface area contributed by atoms with Crippen LogP contribution >= 0.6 is 0 Å². The van der Waals surface area contributed by atoms with Crippen molar-refractivity contribution in [2.75, 3.05) is 11.9 Å². The van der Waals surface area contributed by atoms with Gasteiger partial charge in [0.25, 0.3) is 5.91 Å². The fourth-order valence-electron chi connectivity index (χ4n) is 3.12. The topological polar surface area (TPSA) is 94.8 Å². The van der Waals surface area contributed by atoms with E-state index in [0.29, 0.717) is 17.0 Å². The molecule has 0 saturated heterocycles. The van der Waals surface area contributed by atoms with Gasteiger partial charge in [-0.1, -0.05) is 35.5 Å². The first-order chi connectivity index (χ1) is 15.1. The molecule has 1 aliphatic rings. The van der Waals surface area contributed by atoms with E-state index < -0.39 is 18.0 Å². The first-order valence-electron chi connectivity index (χ1n) is 9.67. The number of nitrogens with zero attached hydrogens (tertiary/aromatic N) is 3. The number of hydrogen-bond acceptors (Lipinski definition) is 6. The number of benzene rings is 2. The van der Waals surface area contributed by atoms with Crippen LogP contribution in [0.3, 0.4) is 0 Å². The molecule has 1 N–H and O–H groups in total. The molecule has 0 saturated carbocycles. The van der Waals surface area contributed by atoms with Crippen LogP contribution < -0.4 is 5.32 Å². The Morgan fingerprint density at radius 1 is 1.19 bits per heavy atom. The van der Waals surface area contributed by atoms with Gasteiger partial charge in [0.05, 0.1) is 24.2 Å². The summed E-state index contributed by atoms with van der Waals surface area (Å²) in [6, 6.07) is 14.8. The minimum absolute atomic E-state index is 0.122. The maximum Gasteiger partial charge on any atom is 0.343 e. The second-order valence-corrected chi connectivity index (χ2v) is 6.71. The van der Waals surface area contributed by atoms with Crippen molar-refractivity contribution in [1.29, 1.82) is 0 Å². The van der Waals surface area contributed by atoms with Crippen molar-refractivity contribution in [2.45, 2.75) is 19.4 Å². The van der Waals surface area contributed by atoms with E-state index in [4.69, 9.17) is 9.57 Å². The highest BCUT2D eigenvalue weighted by Gasteiger charge is 2.31. The lowest BCUT2D eigenvalue weighted by Crippen LogP contribution is -2.29. The summed E-state index contributed by atoms with van der Waals surface area (Å²) in [5.41, 5.74) is 1.97. The molecule has 4 rings (SSSR count). The van der Waals surface area contributed by atoms with Gasteiger partial charge < -0.3 is 14.9 Å². The van der Waals surface area contributed by atoms with Gasteiger partial charge in [-0.2, -0.15) is 5.10 Å². The lowest BCUT2D eigenvalue weighted by atomic mass is 10.0. The highest BCUT2D eigenvalue weighted by molar-refractivity contribution is 6.07. The van der Waals surface area contributed by atoms with E-state index >= 15 is 0 Å². The fourth-order valence-corrected chi connectivity index (χ4v) is 3.12. The Morgan fingerprint density at radius 2 is 1.94 bits per heavy atom. The van der Waals surface area contributed by atoms with Gasteiger partial charge in [0, 0.05) is 6.42 Å². The van der Waals surface area contributed by atoms with Crippen LogP contribution in [0.4, 0.5) is 10.2 Å². The number of oxime groups is 1. The van der Waals surface area contributed by atoms with Crippen LogP contribution in [0.2, 0.25) is 0 Å². The smallest absolute Gasteiger partial charge is 0.343 e. The standard InChI is InChI=1S/C22H19FN4O4/c1-2-30-22(29)17-13-24-27(16-6-4-3-5-7-16)20(17)25-21(28)19-12-18(26-31-19)14-8-10-15(23)11-9-14/h3-11,13,19H,2,12H2,1H3,(H,25,28). The van der Waals surface area contributed by atoms with Gasteiger partial charge in [0.2, 0.25) is 6.10 Å². The summed E-state index contributed by atoms with van der Waals surface area (Å²) >= 11 is 0.